The lowest BCUT2D eigenvalue weighted by Crippen LogP contribution is -2.44. The fraction of sp³-hybridized carbons (Fsp3) is 0.250. The quantitative estimate of drug-likeness (QED) is 0.487. The molecular formula is C20H20ClN5OS. The second-order valence-electron chi connectivity index (χ2n) is 6.92. The number of rotatable bonds is 5. The lowest BCUT2D eigenvalue weighted by molar-refractivity contribution is 0.229. The van der Waals surface area contributed by atoms with Crippen molar-refractivity contribution >= 4 is 29.8 Å². The molecule has 5 rings (SSSR count). The van der Waals surface area contributed by atoms with E-state index in [1.54, 1.807) is 11.8 Å². The molecule has 1 aliphatic carbocycles. The molecule has 1 aliphatic rings. The zero-order valence-corrected chi connectivity index (χ0v) is 16.7. The number of halogens is 1. The Labute approximate surface area is 173 Å². The third-order valence-electron chi connectivity index (χ3n) is 5.02. The SMILES string of the molecule is Cl.NC1(c2noc(-c3ccccc3SCc3cn4ccccc4n3)n2)CCC1. The van der Waals surface area contributed by atoms with Crippen molar-refractivity contribution in [2.45, 2.75) is 35.4 Å². The van der Waals surface area contributed by atoms with Crippen LogP contribution in [0.25, 0.3) is 17.1 Å². The van der Waals surface area contributed by atoms with Crippen molar-refractivity contribution in [3.8, 4) is 11.5 Å². The van der Waals surface area contributed by atoms with E-state index in [4.69, 9.17) is 10.3 Å². The van der Waals surface area contributed by atoms with Gasteiger partial charge in [-0.15, -0.1) is 24.2 Å². The summed E-state index contributed by atoms with van der Waals surface area (Å²) in [4.78, 5) is 10.3. The van der Waals surface area contributed by atoms with Crippen LogP contribution in [0.15, 0.2) is 64.3 Å². The largest absolute Gasteiger partial charge is 0.334 e. The van der Waals surface area contributed by atoms with Gasteiger partial charge in [-0.05, 0) is 43.5 Å². The molecule has 0 atom stereocenters. The maximum Gasteiger partial charge on any atom is 0.259 e. The predicted molar refractivity (Wildman–Crippen MR) is 111 cm³/mol. The Bertz CT molecular complexity index is 1070. The minimum atomic E-state index is -0.416. The summed E-state index contributed by atoms with van der Waals surface area (Å²) in [6.45, 7) is 0. The maximum absolute atomic E-state index is 6.32. The number of pyridine rings is 1. The lowest BCUT2D eigenvalue weighted by atomic mass is 9.77. The fourth-order valence-corrected chi connectivity index (χ4v) is 4.22. The van der Waals surface area contributed by atoms with E-state index in [1.807, 2.05) is 47.0 Å². The van der Waals surface area contributed by atoms with Gasteiger partial charge < -0.3 is 14.7 Å². The van der Waals surface area contributed by atoms with Crippen molar-refractivity contribution in [2.24, 2.45) is 5.73 Å². The molecule has 1 aromatic carbocycles. The summed E-state index contributed by atoms with van der Waals surface area (Å²) in [6.07, 6.45) is 7.01. The highest BCUT2D eigenvalue weighted by atomic mass is 35.5. The van der Waals surface area contributed by atoms with Crippen LogP contribution in [-0.4, -0.2) is 19.5 Å². The molecule has 0 radical (unpaired) electrons. The van der Waals surface area contributed by atoms with Gasteiger partial charge in [-0.3, -0.25) is 0 Å². The van der Waals surface area contributed by atoms with Crippen molar-refractivity contribution in [2.75, 3.05) is 0 Å². The first-order valence-corrected chi connectivity index (χ1v) is 9.98. The molecule has 0 amide bonds. The molecule has 144 valence electrons. The number of fused-ring (bicyclic) bond motifs is 1. The lowest BCUT2D eigenvalue weighted by Gasteiger charge is -2.34. The second-order valence-corrected chi connectivity index (χ2v) is 7.93. The van der Waals surface area contributed by atoms with Gasteiger partial charge in [-0.2, -0.15) is 4.98 Å². The molecule has 0 spiro atoms. The Morgan fingerprint density at radius 1 is 1.11 bits per heavy atom. The van der Waals surface area contributed by atoms with E-state index in [1.165, 1.54) is 0 Å². The number of thioether (sulfide) groups is 1. The van der Waals surface area contributed by atoms with Gasteiger partial charge >= 0.3 is 0 Å². The predicted octanol–water partition coefficient (Wildman–Crippen LogP) is 4.44. The minimum absolute atomic E-state index is 0. The average Bonchev–Trinajstić information content (AvgIpc) is 3.31. The Morgan fingerprint density at radius 2 is 1.93 bits per heavy atom. The van der Waals surface area contributed by atoms with Crippen LogP contribution in [0.4, 0.5) is 0 Å². The number of hydrogen-bond donors (Lipinski definition) is 1. The van der Waals surface area contributed by atoms with Crippen molar-refractivity contribution in [3.05, 3.63) is 66.4 Å². The van der Waals surface area contributed by atoms with E-state index in [0.717, 1.165) is 46.8 Å². The molecular weight excluding hydrogens is 394 g/mol. The highest BCUT2D eigenvalue weighted by molar-refractivity contribution is 7.98. The number of nitrogens with two attached hydrogens (primary N) is 1. The van der Waals surface area contributed by atoms with Gasteiger partial charge in [0.25, 0.3) is 5.89 Å². The van der Waals surface area contributed by atoms with Crippen LogP contribution >= 0.6 is 24.2 Å². The molecule has 3 aromatic heterocycles. The summed E-state index contributed by atoms with van der Waals surface area (Å²) in [5, 5.41) is 4.14. The molecule has 28 heavy (non-hydrogen) atoms. The van der Waals surface area contributed by atoms with Crippen molar-refractivity contribution in [3.63, 3.8) is 0 Å². The maximum atomic E-state index is 6.32. The first kappa shape index (κ1) is 19.0. The standard InChI is InChI=1S/C20H19N5OS.ClH/c21-20(9-5-10-20)19-23-18(26-24-19)15-6-1-2-7-16(15)27-13-14-12-25-11-4-3-8-17(25)22-14;/h1-4,6-8,11-12H,5,9-10,13,21H2;1H. The van der Waals surface area contributed by atoms with Gasteiger partial charge in [-0.25, -0.2) is 4.98 Å². The summed E-state index contributed by atoms with van der Waals surface area (Å²) >= 11 is 1.71. The molecule has 1 saturated carbocycles. The fourth-order valence-electron chi connectivity index (χ4n) is 3.29. The van der Waals surface area contributed by atoms with Crippen LogP contribution in [-0.2, 0) is 11.3 Å². The molecule has 6 nitrogen and oxygen atoms in total. The van der Waals surface area contributed by atoms with E-state index < -0.39 is 5.54 Å². The van der Waals surface area contributed by atoms with E-state index in [9.17, 15) is 0 Å². The van der Waals surface area contributed by atoms with E-state index in [-0.39, 0.29) is 12.4 Å². The molecule has 0 bridgehead atoms. The van der Waals surface area contributed by atoms with Crippen LogP contribution in [0.5, 0.6) is 0 Å². The number of benzene rings is 1. The Morgan fingerprint density at radius 3 is 2.71 bits per heavy atom. The zero-order chi connectivity index (χ0) is 18.3. The second kappa shape index (κ2) is 7.58. The van der Waals surface area contributed by atoms with Crippen LogP contribution < -0.4 is 5.73 Å². The third kappa shape index (κ3) is 3.41. The van der Waals surface area contributed by atoms with Crippen LogP contribution in [0, 0.1) is 0 Å². The molecule has 3 heterocycles. The number of imidazole rings is 1. The van der Waals surface area contributed by atoms with E-state index in [2.05, 4.69) is 27.4 Å². The van der Waals surface area contributed by atoms with Crippen LogP contribution in [0.3, 0.4) is 0 Å². The average molecular weight is 414 g/mol. The summed E-state index contributed by atoms with van der Waals surface area (Å²) in [6, 6.07) is 14.1. The van der Waals surface area contributed by atoms with Gasteiger partial charge in [0.15, 0.2) is 5.82 Å². The first-order valence-electron chi connectivity index (χ1n) is 8.99. The summed E-state index contributed by atoms with van der Waals surface area (Å²) < 4.78 is 7.57. The van der Waals surface area contributed by atoms with Gasteiger partial charge in [0.05, 0.1) is 16.8 Å². The molecule has 2 N–H and O–H groups in total. The molecule has 1 fully saturated rings. The first-order chi connectivity index (χ1) is 13.2. The molecule has 0 aliphatic heterocycles. The monoisotopic (exact) mass is 413 g/mol. The Hall–Kier alpha value is -2.35. The van der Waals surface area contributed by atoms with Crippen molar-refractivity contribution in [1.29, 1.82) is 0 Å². The van der Waals surface area contributed by atoms with E-state index >= 15 is 0 Å². The summed E-state index contributed by atoms with van der Waals surface area (Å²) in [7, 11) is 0. The molecule has 4 aromatic rings. The zero-order valence-electron chi connectivity index (χ0n) is 15.1. The van der Waals surface area contributed by atoms with Gasteiger partial charge in [0, 0.05) is 23.0 Å². The number of nitrogens with zero attached hydrogens (tertiary/aromatic N) is 4. The number of aromatic nitrogens is 4. The van der Waals surface area contributed by atoms with Crippen LogP contribution in [0.1, 0.15) is 30.8 Å². The smallest absolute Gasteiger partial charge is 0.259 e. The minimum Gasteiger partial charge on any atom is -0.334 e. The topological polar surface area (TPSA) is 82.2 Å². The molecule has 8 heteroatoms. The van der Waals surface area contributed by atoms with Gasteiger partial charge in [0.2, 0.25) is 0 Å². The van der Waals surface area contributed by atoms with Crippen molar-refractivity contribution in [1.82, 2.24) is 19.5 Å². The van der Waals surface area contributed by atoms with E-state index in [0.29, 0.717) is 11.7 Å². The number of hydrogen-bond acceptors (Lipinski definition) is 6. The highest BCUT2D eigenvalue weighted by Gasteiger charge is 2.39. The molecule has 0 saturated heterocycles. The Balaban J connectivity index is 0.00000192. The Kier molecular flexibility index (Phi) is 5.14. The normalized spacial score (nSPS) is 15.2. The summed E-state index contributed by atoms with van der Waals surface area (Å²) in [5.74, 6) is 1.91. The van der Waals surface area contributed by atoms with Crippen LogP contribution in [0.2, 0.25) is 0 Å². The van der Waals surface area contributed by atoms with Gasteiger partial charge in [0.1, 0.15) is 5.65 Å². The summed E-state index contributed by atoms with van der Waals surface area (Å²) in [5.41, 5.74) is 8.83. The highest BCUT2D eigenvalue weighted by Crippen LogP contribution is 2.39. The van der Waals surface area contributed by atoms with Crippen molar-refractivity contribution < 1.29 is 4.52 Å². The van der Waals surface area contributed by atoms with Gasteiger partial charge in [-0.1, -0.05) is 23.4 Å². The third-order valence-corrected chi connectivity index (χ3v) is 6.13. The molecule has 0 unspecified atom stereocenters.